The Hall–Kier alpha value is -0.120. The van der Waals surface area contributed by atoms with Gasteiger partial charge >= 0.3 is 0 Å². The quantitative estimate of drug-likeness (QED) is 0.671. The molecule has 0 amide bonds. The Labute approximate surface area is 114 Å². The molecule has 0 saturated carbocycles. The summed E-state index contributed by atoms with van der Waals surface area (Å²) < 4.78 is 0. The number of piperazine rings is 1. The molecule has 1 heterocycles. The second kappa shape index (κ2) is 8.89. The highest BCUT2D eigenvalue weighted by molar-refractivity contribution is 4.82. The second-order valence-electron chi connectivity index (χ2n) is 5.73. The first kappa shape index (κ1) is 15.9. The number of rotatable bonds is 8. The molecule has 1 aliphatic heterocycles. The molecule has 3 nitrogen and oxygen atoms in total. The van der Waals surface area contributed by atoms with Crippen molar-refractivity contribution in [2.75, 3.05) is 39.3 Å². The van der Waals surface area contributed by atoms with E-state index in [0.717, 1.165) is 6.54 Å². The van der Waals surface area contributed by atoms with Crippen LogP contribution in [0.1, 0.15) is 47.0 Å². The van der Waals surface area contributed by atoms with Crippen molar-refractivity contribution in [3.8, 4) is 0 Å². The van der Waals surface area contributed by atoms with Gasteiger partial charge in [-0.2, -0.15) is 0 Å². The topological polar surface area (TPSA) is 18.5 Å². The Kier molecular flexibility index (Phi) is 7.87. The molecule has 1 saturated heterocycles. The molecule has 1 rings (SSSR count). The van der Waals surface area contributed by atoms with Crippen molar-refractivity contribution in [1.29, 1.82) is 0 Å². The summed E-state index contributed by atoms with van der Waals surface area (Å²) in [4.78, 5) is 5.22. The Balaban J connectivity index is 2.16. The molecule has 1 N–H and O–H groups in total. The van der Waals surface area contributed by atoms with Crippen molar-refractivity contribution in [2.45, 2.75) is 59.0 Å². The van der Waals surface area contributed by atoms with Gasteiger partial charge in [-0.1, -0.05) is 26.7 Å². The molecule has 2 atom stereocenters. The van der Waals surface area contributed by atoms with Gasteiger partial charge < -0.3 is 5.32 Å². The minimum absolute atomic E-state index is 0.674. The number of hydrogen-bond donors (Lipinski definition) is 1. The standard InChI is InChI=1S/C15H33N3/c1-5-7-8-9-16-12-14(3)18-11-10-17(6-2)15(4)13-18/h14-16H,5-13H2,1-4H3. The van der Waals surface area contributed by atoms with Gasteiger partial charge in [-0.25, -0.2) is 0 Å². The zero-order chi connectivity index (χ0) is 13.4. The molecule has 1 fully saturated rings. The van der Waals surface area contributed by atoms with Gasteiger partial charge in [-0.15, -0.1) is 0 Å². The summed E-state index contributed by atoms with van der Waals surface area (Å²) in [5, 5.41) is 3.60. The lowest BCUT2D eigenvalue weighted by Crippen LogP contribution is -2.55. The van der Waals surface area contributed by atoms with Crippen LogP contribution in [0, 0.1) is 0 Å². The largest absolute Gasteiger partial charge is 0.315 e. The highest BCUT2D eigenvalue weighted by Crippen LogP contribution is 2.11. The average molecular weight is 255 g/mol. The molecule has 18 heavy (non-hydrogen) atoms. The maximum Gasteiger partial charge on any atom is 0.0195 e. The molecule has 108 valence electrons. The second-order valence-corrected chi connectivity index (χ2v) is 5.73. The summed E-state index contributed by atoms with van der Waals surface area (Å²) in [6.45, 7) is 16.5. The van der Waals surface area contributed by atoms with Gasteiger partial charge in [0.05, 0.1) is 0 Å². The molecule has 0 bridgehead atoms. The van der Waals surface area contributed by atoms with Crippen LogP contribution < -0.4 is 5.32 Å². The normalized spacial score (nSPS) is 24.3. The third kappa shape index (κ3) is 5.25. The summed E-state index contributed by atoms with van der Waals surface area (Å²) in [5.74, 6) is 0. The van der Waals surface area contributed by atoms with Crippen LogP contribution in [0.25, 0.3) is 0 Å². The zero-order valence-electron chi connectivity index (χ0n) is 12.9. The first-order valence-corrected chi connectivity index (χ1v) is 7.87. The Bertz CT molecular complexity index is 208. The summed E-state index contributed by atoms with van der Waals surface area (Å²) in [6.07, 6.45) is 3.99. The van der Waals surface area contributed by atoms with Gasteiger partial charge in [0.2, 0.25) is 0 Å². The number of nitrogens with one attached hydrogen (secondary N) is 1. The third-order valence-corrected chi connectivity index (χ3v) is 4.22. The molecule has 1 aliphatic rings. The predicted molar refractivity (Wildman–Crippen MR) is 80.1 cm³/mol. The van der Waals surface area contributed by atoms with Crippen LogP contribution >= 0.6 is 0 Å². The molecule has 3 heteroatoms. The van der Waals surface area contributed by atoms with Crippen LogP contribution in [0.2, 0.25) is 0 Å². The van der Waals surface area contributed by atoms with Gasteiger partial charge in [-0.05, 0) is 33.4 Å². The van der Waals surface area contributed by atoms with E-state index in [1.165, 1.54) is 52.0 Å². The third-order valence-electron chi connectivity index (χ3n) is 4.22. The molecule has 0 spiro atoms. The van der Waals surface area contributed by atoms with E-state index in [1.54, 1.807) is 0 Å². The van der Waals surface area contributed by atoms with Gasteiger partial charge in [0, 0.05) is 38.3 Å². The molecule has 0 aliphatic carbocycles. The van der Waals surface area contributed by atoms with Crippen LogP contribution in [0.3, 0.4) is 0 Å². The molecule has 0 aromatic heterocycles. The summed E-state index contributed by atoms with van der Waals surface area (Å²) in [5.41, 5.74) is 0. The lowest BCUT2D eigenvalue weighted by Gasteiger charge is -2.42. The van der Waals surface area contributed by atoms with Gasteiger partial charge in [0.1, 0.15) is 0 Å². The average Bonchev–Trinajstić information content (AvgIpc) is 2.38. The fourth-order valence-corrected chi connectivity index (χ4v) is 2.83. The van der Waals surface area contributed by atoms with E-state index in [0.29, 0.717) is 12.1 Å². The molecule has 2 unspecified atom stereocenters. The minimum atomic E-state index is 0.674. The van der Waals surface area contributed by atoms with E-state index >= 15 is 0 Å². The molecular formula is C15H33N3. The van der Waals surface area contributed by atoms with E-state index in [2.05, 4.69) is 42.8 Å². The number of hydrogen-bond acceptors (Lipinski definition) is 3. The summed E-state index contributed by atoms with van der Waals surface area (Å²) in [7, 11) is 0. The molecular weight excluding hydrogens is 222 g/mol. The summed E-state index contributed by atoms with van der Waals surface area (Å²) in [6, 6.07) is 1.39. The summed E-state index contributed by atoms with van der Waals surface area (Å²) >= 11 is 0. The van der Waals surface area contributed by atoms with Crippen molar-refractivity contribution in [2.24, 2.45) is 0 Å². The van der Waals surface area contributed by atoms with Crippen LogP contribution in [0.15, 0.2) is 0 Å². The zero-order valence-corrected chi connectivity index (χ0v) is 12.9. The Morgan fingerprint density at radius 1 is 1.22 bits per heavy atom. The maximum absolute atomic E-state index is 3.60. The monoisotopic (exact) mass is 255 g/mol. The minimum Gasteiger partial charge on any atom is -0.315 e. The lowest BCUT2D eigenvalue weighted by atomic mass is 10.1. The van der Waals surface area contributed by atoms with Crippen LogP contribution in [-0.2, 0) is 0 Å². The van der Waals surface area contributed by atoms with Crippen molar-refractivity contribution >= 4 is 0 Å². The number of nitrogens with zero attached hydrogens (tertiary/aromatic N) is 2. The number of unbranched alkanes of at least 4 members (excludes halogenated alkanes) is 2. The van der Waals surface area contributed by atoms with E-state index in [9.17, 15) is 0 Å². The van der Waals surface area contributed by atoms with E-state index in [1.807, 2.05) is 0 Å². The Morgan fingerprint density at radius 3 is 2.61 bits per heavy atom. The highest BCUT2D eigenvalue weighted by atomic mass is 15.3. The fraction of sp³-hybridized carbons (Fsp3) is 1.00. The van der Waals surface area contributed by atoms with Crippen molar-refractivity contribution in [1.82, 2.24) is 15.1 Å². The van der Waals surface area contributed by atoms with E-state index < -0.39 is 0 Å². The highest BCUT2D eigenvalue weighted by Gasteiger charge is 2.24. The van der Waals surface area contributed by atoms with Gasteiger partial charge in [0.15, 0.2) is 0 Å². The maximum atomic E-state index is 3.60. The first-order chi connectivity index (χ1) is 8.69. The van der Waals surface area contributed by atoms with Crippen LogP contribution in [0.5, 0.6) is 0 Å². The molecule has 0 radical (unpaired) electrons. The predicted octanol–water partition coefficient (Wildman–Crippen LogP) is 2.18. The SMILES string of the molecule is CCCCCNCC(C)N1CCN(CC)C(C)C1. The van der Waals surface area contributed by atoms with E-state index in [4.69, 9.17) is 0 Å². The number of likely N-dealkylation sites (N-methyl/N-ethyl adjacent to an activating group) is 1. The van der Waals surface area contributed by atoms with Crippen molar-refractivity contribution in [3.63, 3.8) is 0 Å². The Morgan fingerprint density at radius 2 is 2.00 bits per heavy atom. The fourth-order valence-electron chi connectivity index (χ4n) is 2.83. The van der Waals surface area contributed by atoms with Crippen LogP contribution in [0.4, 0.5) is 0 Å². The van der Waals surface area contributed by atoms with Crippen molar-refractivity contribution in [3.05, 3.63) is 0 Å². The van der Waals surface area contributed by atoms with Gasteiger partial charge in [0.25, 0.3) is 0 Å². The van der Waals surface area contributed by atoms with E-state index in [-0.39, 0.29) is 0 Å². The van der Waals surface area contributed by atoms with Gasteiger partial charge in [-0.3, -0.25) is 9.80 Å². The van der Waals surface area contributed by atoms with Crippen molar-refractivity contribution < 1.29 is 0 Å². The lowest BCUT2D eigenvalue weighted by molar-refractivity contribution is 0.0637. The van der Waals surface area contributed by atoms with Crippen LogP contribution in [-0.4, -0.2) is 61.2 Å². The molecule has 0 aromatic carbocycles. The smallest absolute Gasteiger partial charge is 0.0195 e. The first-order valence-electron chi connectivity index (χ1n) is 7.87. The molecule has 0 aromatic rings.